The number of nitrogens with zero attached hydrogens (tertiary/aromatic N) is 4. The van der Waals surface area contributed by atoms with E-state index in [0.717, 1.165) is 28.0 Å². The highest BCUT2D eigenvalue weighted by molar-refractivity contribution is 7.98. The number of para-hydroxylation sites is 1. The molecule has 2 heterocycles. The van der Waals surface area contributed by atoms with Crippen LogP contribution in [0.4, 0.5) is 5.13 Å². The molecule has 1 amide bonds. The molecule has 0 radical (unpaired) electrons. The number of likely N-dealkylation sites (N-methyl/N-ethyl adjacent to an activating group) is 1. The fourth-order valence-corrected chi connectivity index (χ4v) is 6.94. The summed E-state index contributed by atoms with van der Waals surface area (Å²) in [5.74, 6) is -0.188. The van der Waals surface area contributed by atoms with Crippen LogP contribution in [0.15, 0.2) is 52.3 Å². The van der Waals surface area contributed by atoms with Crippen molar-refractivity contribution in [2.75, 3.05) is 51.4 Å². The van der Waals surface area contributed by atoms with E-state index >= 15 is 0 Å². The van der Waals surface area contributed by atoms with Crippen molar-refractivity contribution in [2.45, 2.75) is 22.6 Å². The maximum atomic E-state index is 13.5. The number of thioether (sulfide) groups is 1. The fourth-order valence-electron chi connectivity index (χ4n) is 3.78. The van der Waals surface area contributed by atoms with Crippen LogP contribution in [0.1, 0.15) is 23.2 Å². The molecule has 4 rings (SSSR count). The fraction of sp³-hybridized carbons (Fsp3) is 0.391. The van der Waals surface area contributed by atoms with Gasteiger partial charge in [0.15, 0.2) is 5.13 Å². The highest BCUT2D eigenvalue weighted by Crippen LogP contribution is 2.34. The lowest BCUT2D eigenvalue weighted by Crippen LogP contribution is -2.36. The Morgan fingerprint density at radius 2 is 1.76 bits per heavy atom. The number of amides is 1. The minimum absolute atomic E-state index is 0. The van der Waals surface area contributed by atoms with Crippen molar-refractivity contribution in [3.8, 4) is 0 Å². The van der Waals surface area contributed by atoms with Gasteiger partial charge in [0.05, 0.1) is 15.1 Å². The van der Waals surface area contributed by atoms with Gasteiger partial charge >= 0.3 is 0 Å². The van der Waals surface area contributed by atoms with Crippen LogP contribution in [0.25, 0.3) is 10.2 Å². The van der Waals surface area contributed by atoms with Gasteiger partial charge in [-0.05, 0) is 69.6 Å². The number of hydrogen-bond acceptors (Lipinski definition) is 7. The summed E-state index contributed by atoms with van der Waals surface area (Å²) in [5.41, 5.74) is 1.35. The molecule has 1 fully saturated rings. The first-order valence-electron chi connectivity index (χ1n) is 10.8. The molecule has 0 spiro atoms. The van der Waals surface area contributed by atoms with E-state index in [-0.39, 0.29) is 23.2 Å². The van der Waals surface area contributed by atoms with Gasteiger partial charge < -0.3 is 4.90 Å². The number of carbonyl (C=O) groups excluding carboxylic acids is 1. The SMILES string of the molecule is CSc1cccc2sc(N(CCN(C)C)C(=O)c3ccc(S(=O)(=O)N4CCCC4)cc3)nc12.Cl. The number of sulfonamides is 1. The molecule has 1 aromatic heterocycles. The third-order valence-corrected chi connectivity index (χ3v) is 9.37. The number of rotatable bonds is 8. The smallest absolute Gasteiger partial charge is 0.260 e. The number of carbonyl (C=O) groups is 1. The van der Waals surface area contributed by atoms with Crippen LogP contribution < -0.4 is 4.90 Å². The van der Waals surface area contributed by atoms with Crippen molar-refractivity contribution in [3.05, 3.63) is 48.0 Å². The standard InChI is InChI=1S/C23H28N4O3S3.ClH/c1-25(2)15-16-27(23-24-21-19(31-3)7-6-8-20(21)32-23)22(28)17-9-11-18(12-10-17)33(29,30)26-13-4-5-14-26;/h6-12H,4-5,13-16H2,1-3H3;1H. The van der Waals surface area contributed by atoms with Crippen LogP contribution in [0.3, 0.4) is 0 Å². The van der Waals surface area contributed by atoms with Crippen LogP contribution in [-0.4, -0.2) is 75.0 Å². The Morgan fingerprint density at radius 3 is 2.38 bits per heavy atom. The van der Waals surface area contributed by atoms with E-state index in [4.69, 9.17) is 4.98 Å². The third-order valence-electron chi connectivity index (χ3n) is 5.64. The number of benzene rings is 2. The number of aromatic nitrogens is 1. The summed E-state index contributed by atoms with van der Waals surface area (Å²) in [6, 6.07) is 12.3. The second-order valence-corrected chi connectivity index (χ2v) is 12.0. The highest BCUT2D eigenvalue weighted by Gasteiger charge is 2.28. The number of halogens is 1. The third kappa shape index (κ3) is 5.58. The van der Waals surface area contributed by atoms with Crippen molar-refractivity contribution in [1.29, 1.82) is 0 Å². The summed E-state index contributed by atoms with van der Waals surface area (Å²) >= 11 is 3.13. The first kappa shape index (κ1) is 26.9. The molecule has 1 saturated heterocycles. The zero-order valence-electron chi connectivity index (χ0n) is 19.4. The zero-order valence-corrected chi connectivity index (χ0v) is 22.7. The predicted octanol–water partition coefficient (Wildman–Crippen LogP) is 4.43. The minimum Gasteiger partial charge on any atom is -0.308 e. The Hall–Kier alpha value is -1.69. The van der Waals surface area contributed by atoms with E-state index in [1.807, 2.05) is 43.5 Å². The largest absolute Gasteiger partial charge is 0.308 e. The summed E-state index contributed by atoms with van der Waals surface area (Å²) in [6.45, 7) is 2.26. The molecule has 7 nitrogen and oxygen atoms in total. The first-order chi connectivity index (χ1) is 15.8. The molecule has 0 bridgehead atoms. The lowest BCUT2D eigenvalue weighted by molar-refractivity contribution is 0.0985. The van der Waals surface area contributed by atoms with Crippen molar-refractivity contribution in [3.63, 3.8) is 0 Å². The van der Waals surface area contributed by atoms with Crippen LogP contribution in [0.5, 0.6) is 0 Å². The van der Waals surface area contributed by atoms with E-state index in [9.17, 15) is 13.2 Å². The maximum Gasteiger partial charge on any atom is 0.260 e. The van der Waals surface area contributed by atoms with Crippen molar-refractivity contribution in [2.24, 2.45) is 0 Å². The van der Waals surface area contributed by atoms with Gasteiger partial charge in [-0.15, -0.1) is 24.2 Å². The number of thiazole rings is 1. The van der Waals surface area contributed by atoms with Crippen LogP contribution in [0, 0.1) is 0 Å². The van der Waals surface area contributed by atoms with Gasteiger partial charge in [0.2, 0.25) is 10.0 Å². The van der Waals surface area contributed by atoms with Gasteiger partial charge in [0.1, 0.15) is 0 Å². The molecule has 34 heavy (non-hydrogen) atoms. The van der Waals surface area contributed by atoms with Crippen molar-refractivity contribution >= 4 is 66.8 Å². The Balaban J connectivity index is 0.00000324. The number of hydrogen-bond donors (Lipinski definition) is 0. The molecule has 2 aromatic carbocycles. The Bertz CT molecular complexity index is 1240. The molecule has 0 atom stereocenters. The second kappa shape index (κ2) is 11.4. The number of anilines is 1. The number of fused-ring (bicyclic) bond motifs is 1. The molecular weight excluding hydrogens is 512 g/mol. The molecule has 0 unspecified atom stereocenters. The van der Waals surface area contributed by atoms with E-state index in [0.29, 0.717) is 36.9 Å². The summed E-state index contributed by atoms with van der Waals surface area (Å²) in [6.07, 6.45) is 3.79. The Kier molecular flexibility index (Phi) is 8.99. The van der Waals surface area contributed by atoms with Gasteiger partial charge in [-0.2, -0.15) is 4.31 Å². The van der Waals surface area contributed by atoms with Crippen LogP contribution in [-0.2, 0) is 10.0 Å². The van der Waals surface area contributed by atoms with Gasteiger partial charge in [0, 0.05) is 36.6 Å². The van der Waals surface area contributed by atoms with E-state index in [1.54, 1.807) is 28.8 Å². The van der Waals surface area contributed by atoms with E-state index in [2.05, 4.69) is 0 Å². The average Bonchev–Trinajstić information content (AvgIpc) is 3.49. The highest BCUT2D eigenvalue weighted by atomic mass is 35.5. The molecule has 0 saturated carbocycles. The van der Waals surface area contributed by atoms with Crippen LogP contribution >= 0.6 is 35.5 Å². The topological polar surface area (TPSA) is 73.8 Å². The monoisotopic (exact) mass is 540 g/mol. The van der Waals surface area contributed by atoms with E-state index < -0.39 is 10.0 Å². The molecule has 11 heteroatoms. The first-order valence-corrected chi connectivity index (χ1v) is 14.3. The van der Waals surface area contributed by atoms with Crippen molar-refractivity contribution in [1.82, 2.24) is 14.2 Å². The lowest BCUT2D eigenvalue weighted by Gasteiger charge is -2.22. The van der Waals surface area contributed by atoms with Gasteiger partial charge in [-0.1, -0.05) is 17.4 Å². The zero-order chi connectivity index (χ0) is 23.6. The summed E-state index contributed by atoms with van der Waals surface area (Å²) in [4.78, 5) is 23.3. The Morgan fingerprint density at radius 1 is 1.09 bits per heavy atom. The molecule has 1 aliphatic heterocycles. The molecule has 1 aliphatic rings. The quantitative estimate of drug-likeness (QED) is 0.393. The summed E-state index contributed by atoms with van der Waals surface area (Å²) in [5, 5.41) is 0.645. The summed E-state index contributed by atoms with van der Waals surface area (Å²) in [7, 11) is 0.415. The minimum atomic E-state index is -3.51. The van der Waals surface area contributed by atoms with Gasteiger partial charge in [-0.3, -0.25) is 9.69 Å². The predicted molar refractivity (Wildman–Crippen MR) is 143 cm³/mol. The molecule has 3 aromatic rings. The second-order valence-electron chi connectivity index (χ2n) is 8.20. The molecule has 0 N–H and O–H groups in total. The molecular formula is C23H29ClN4O3S3. The van der Waals surface area contributed by atoms with Gasteiger partial charge in [-0.25, -0.2) is 13.4 Å². The maximum absolute atomic E-state index is 13.5. The van der Waals surface area contributed by atoms with Gasteiger partial charge in [0.25, 0.3) is 5.91 Å². The summed E-state index contributed by atoms with van der Waals surface area (Å²) < 4.78 is 28.2. The normalized spacial score (nSPS) is 14.5. The van der Waals surface area contributed by atoms with E-state index in [1.165, 1.54) is 27.8 Å². The van der Waals surface area contributed by atoms with Crippen molar-refractivity contribution < 1.29 is 13.2 Å². The molecule has 184 valence electrons. The average molecular weight is 541 g/mol. The molecule has 0 aliphatic carbocycles. The van der Waals surface area contributed by atoms with Crippen LogP contribution in [0.2, 0.25) is 0 Å². The Labute approximate surface area is 215 Å². The lowest BCUT2D eigenvalue weighted by atomic mass is 10.2.